The molecule has 2 N–H and O–H groups in total. The molecule has 3 rings (SSSR count). The maximum Gasteiger partial charge on any atom is 0.137 e. The van der Waals surface area contributed by atoms with E-state index in [2.05, 4.69) is 4.98 Å². The molecule has 0 saturated heterocycles. The Morgan fingerprint density at radius 2 is 1.85 bits per heavy atom. The molecule has 0 saturated carbocycles. The highest BCUT2D eigenvalue weighted by Gasteiger charge is 2.10. The number of nitrogen functional groups attached to an aromatic ring is 1. The van der Waals surface area contributed by atoms with Gasteiger partial charge in [-0.3, -0.25) is 4.98 Å². The number of hydrogen-bond acceptors (Lipinski definition) is 3. The van der Waals surface area contributed by atoms with E-state index in [1.54, 1.807) is 24.4 Å². The van der Waals surface area contributed by atoms with Gasteiger partial charge in [-0.2, -0.15) is 0 Å². The van der Waals surface area contributed by atoms with Crippen molar-refractivity contribution in [3.05, 3.63) is 60.3 Å². The monoisotopic (exact) mass is 288 g/mol. The molecule has 3 aromatic rings. The summed E-state index contributed by atoms with van der Waals surface area (Å²) in [5.74, 6) is -0.919. The summed E-state index contributed by atoms with van der Waals surface area (Å²) in [6, 6.07) is 10.5. The van der Waals surface area contributed by atoms with Gasteiger partial charge < -0.3 is 5.73 Å². The standard InChI is InChI=1S/C15H10F2N2S/c16-9-3-4-11(17)14(8-9)20-13-6-5-12(18)15-10(13)2-1-7-19-15/h1-8H,18H2. The van der Waals surface area contributed by atoms with Gasteiger partial charge in [-0.25, -0.2) is 8.78 Å². The molecular weight excluding hydrogens is 278 g/mol. The number of benzene rings is 2. The topological polar surface area (TPSA) is 38.9 Å². The maximum atomic E-state index is 13.7. The van der Waals surface area contributed by atoms with Gasteiger partial charge in [0.25, 0.3) is 0 Å². The summed E-state index contributed by atoms with van der Waals surface area (Å²) < 4.78 is 26.9. The van der Waals surface area contributed by atoms with Gasteiger partial charge in [0.05, 0.1) is 16.1 Å². The number of halogens is 2. The Hall–Kier alpha value is -2.14. The Kier molecular flexibility index (Phi) is 3.28. The summed E-state index contributed by atoms with van der Waals surface area (Å²) in [6.45, 7) is 0. The number of anilines is 1. The third-order valence-corrected chi connectivity index (χ3v) is 3.98. The van der Waals surface area contributed by atoms with E-state index in [-0.39, 0.29) is 4.90 Å². The molecule has 0 spiro atoms. The lowest BCUT2D eigenvalue weighted by atomic mass is 10.2. The summed E-state index contributed by atoms with van der Waals surface area (Å²) in [7, 11) is 0. The van der Waals surface area contributed by atoms with Crippen molar-refractivity contribution in [1.82, 2.24) is 4.98 Å². The minimum atomic E-state index is -0.466. The third-order valence-electron chi connectivity index (χ3n) is 2.87. The van der Waals surface area contributed by atoms with Crippen LogP contribution in [-0.4, -0.2) is 4.98 Å². The van der Waals surface area contributed by atoms with Gasteiger partial charge in [0.15, 0.2) is 0 Å². The van der Waals surface area contributed by atoms with E-state index in [4.69, 9.17) is 5.73 Å². The number of hydrogen-bond donors (Lipinski definition) is 1. The first-order chi connectivity index (χ1) is 9.65. The summed E-state index contributed by atoms with van der Waals surface area (Å²) >= 11 is 1.16. The molecule has 0 amide bonds. The van der Waals surface area contributed by atoms with Crippen LogP contribution in [0.25, 0.3) is 10.9 Å². The Morgan fingerprint density at radius 3 is 2.70 bits per heavy atom. The molecule has 0 aliphatic carbocycles. The van der Waals surface area contributed by atoms with Gasteiger partial charge in [0, 0.05) is 16.5 Å². The smallest absolute Gasteiger partial charge is 0.137 e. The van der Waals surface area contributed by atoms with Gasteiger partial charge >= 0.3 is 0 Å². The quantitative estimate of drug-likeness (QED) is 0.717. The number of pyridine rings is 1. The zero-order valence-electron chi connectivity index (χ0n) is 10.3. The highest BCUT2D eigenvalue weighted by molar-refractivity contribution is 7.99. The lowest BCUT2D eigenvalue weighted by Gasteiger charge is -2.08. The van der Waals surface area contributed by atoms with E-state index in [0.717, 1.165) is 34.2 Å². The minimum absolute atomic E-state index is 0.236. The predicted molar refractivity (Wildman–Crippen MR) is 76.6 cm³/mol. The van der Waals surface area contributed by atoms with Crippen LogP contribution in [0.15, 0.2) is 58.5 Å². The number of nitrogens with zero attached hydrogens (tertiary/aromatic N) is 1. The number of rotatable bonds is 2. The van der Waals surface area contributed by atoms with Crippen LogP contribution in [0.5, 0.6) is 0 Å². The molecule has 20 heavy (non-hydrogen) atoms. The van der Waals surface area contributed by atoms with E-state index < -0.39 is 11.6 Å². The fourth-order valence-electron chi connectivity index (χ4n) is 1.93. The molecule has 0 atom stereocenters. The van der Waals surface area contributed by atoms with E-state index in [9.17, 15) is 8.78 Å². The van der Waals surface area contributed by atoms with Crippen molar-refractivity contribution >= 4 is 28.4 Å². The molecule has 0 unspecified atom stereocenters. The van der Waals surface area contributed by atoms with Crippen molar-refractivity contribution in [2.24, 2.45) is 0 Å². The first-order valence-corrected chi connectivity index (χ1v) is 6.73. The van der Waals surface area contributed by atoms with Gasteiger partial charge in [0.1, 0.15) is 11.6 Å². The summed E-state index contributed by atoms with van der Waals surface area (Å²) in [6.07, 6.45) is 1.65. The lowest BCUT2D eigenvalue weighted by molar-refractivity contribution is 0.577. The highest BCUT2D eigenvalue weighted by atomic mass is 32.2. The zero-order chi connectivity index (χ0) is 14.1. The Bertz CT molecular complexity index is 790. The second-order valence-corrected chi connectivity index (χ2v) is 5.31. The van der Waals surface area contributed by atoms with Gasteiger partial charge in [-0.15, -0.1) is 0 Å². The van der Waals surface area contributed by atoms with E-state index in [1.165, 1.54) is 6.07 Å². The first kappa shape index (κ1) is 12.9. The molecule has 2 aromatic carbocycles. The molecule has 0 bridgehead atoms. The van der Waals surface area contributed by atoms with Crippen LogP contribution < -0.4 is 5.73 Å². The number of nitrogens with two attached hydrogens (primary N) is 1. The van der Waals surface area contributed by atoms with Crippen LogP contribution in [0, 0.1) is 11.6 Å². The summed E-state index contributed by atoms with van der Waals surface area (Å²) in [5, 5.41) is 0.821. The van der Waals surface area contributed by atoms with Gasteiger partial charge in [-0.1, -0.05) is 17.8 Å². The molecule has 0 fully saturated rings. The van der Waals surface area contributed by atoms with Crippen molar-refractivity contribution < 1.29 is 8.78 Å². The number of aromatic nitrogens is 1. The van der Waals surface area contributed by atoms with Crippen molar-refractivity contribution in [1.29, 1.82) is 0 Å². The third kappa shape index (κ3) is 2.32. The van der Waals surface area contributed by atoms with E-state index in [0.29, 0.717) is 11.2 Å². The largest absolute Gasteiger partial charge is 0.397 e. The second-order valence-electron chi connectivity index (χ2n) is 4.23. The Morgan fingerprint density at radius 1 is 1.00 bits per heavy atom. The maximum absolute atomic E-state index is 13.7. The molecule has 0 aliphatic heterocycles. The highest BCUT2D eigenvalue weighted by Crippen LogP contribution is 2.36. The SMILES string of the molecule is Nc1ccc(Sc2cc(F)ccc2F)c2cccnc12. The molecule has 1 aromatic heterocycles. The molecule has 0 aliphatic rings. The van der Waals surface area contributed by atoms with Crippen LogP contribution in [0.2, 0.25) is 0 Å². The Labute approximate surface area is 118 Å². The fraction of sp³-hybridized carbons (Fsp3) is 0. The van der Waals surface area contributed by atoms with Crippen LogP contribution in [-0.2, 0) is 0 Å². The van der Waals surface area contributed by atoms with Gasteiger partial charge in [0.2, 0.25) is 0 Å². The second kappa shape index (κ2) is 5.09. The van der Waals surface area contributed by atoms with E-state index in [1.807, 2.05) is 6.07 Å². The van der Waals surface area contributed by atoms with Crippen LogP contribution in [0.4, 0.5) is 14.5 Å². The van der Waals surface area contributed by atoms with Crippen LogP contribution in [0.3, 0.4) is 0 Å². The molecular formula is C15H10F2N2S. The van der Waals surface area contributed by atoms with Crippen molar-refractivity contribution in [3.63, 3.8) is 0 Å². The van der Waals surface area contributed by atoms with Crippen LogP contribution in [0.1, 0.15) is 0 Å². The van der Waals surface area contributed by atoms with E-state index >= 15 is 0 Å². The minimum Gasteiger partial charge on any atom is -0.397 e. The first-order valence-electron chi connectivity index (χ1n) is 5.91. The normalized spacial score (nSPS) is 10.9. The average Bonchev–Trinajstić information content (AvgIpc) is 2.46. The average molecular weight is 288 g/mol. The molecule has 1 heterocycles. The van der Waals surface area contributed by atoms with Crippen LogP contribution >= 0.6 is 11.8 Å². The molecule has 2 nitrogen and oxygen atoms in total. The lowest BCUT2D eigenvalue weighted by Crippen LogP contribution is -1.91. The molecule has 5 heteroatoms. The molecule has 0 radical (unpaired) electrons. The summed E-state index contributed by atoms with van der Waals surface area (Å²) in [5.41, 5.74) is 7.09. The van der Waals surface area contributed by atoms with Crippen molar-refractivity contribution in [2.75, 3.05) is 5.73 Å². The molecule has 100 valence electrons. The zero-order valence-corrected chi connectivity index (χ0v) is 11.1. The Balaban J connectivity index is 2.11. The number of fused-ring (bicyclic) bond motifs is 1. The van der Waals surface area contributed by atoms with Crippen molar-refractivity contribution in [3.8, 4) is 0 Å². The summed E-state index contributed by atoms with van der Waals surface area (Å²) in [4.78, 5) is 5.24. The van der Waals surface area contributed by atoms with Crippen molar-refractivity contribution in [2.45, 2.75) is 9.79 Å². The fourth-order valence-corrected chi connectivity index (χ4v) is 2.92. The van der Waals surface area contributed by atoms with Gasteiger partial charge in [-0.05, 0) is 36.4 Å². The predicted octanol–water partition coefficient (Wildman–Crippen LogP) is 4.25.